The Morgan fingerprint density at radius 2 is 1.37 bits per heavy atom. The van der Waals surface area contributed by atoms with Gasteiger partial charge in [-0.15, -0.1) is 0 Å². The minimum Gasteiger partial charge on any atom is -0.292 e. The lowest BCUT2D eigenvalue weighted by Crippen LogP contribution is -1.94. The number of para-hydroxylation sites is 2. The standard InChI is InChI=1S/C25H16N2/c1-2-9-18(10-3-1)24-16-21-19-11-5-4-8-17(19)14-15-20(21)25-26-22-12-6-7-13-23(22)27(24)25/h1-16H. The Morgan fingerprint density at radius 1 is 0.593 bits per heavy atom. The fourth-order valence-corrected chi connectivity index (χ4v) is 4.12. The number of benzene rings is 4. The molecule has 27 heavy (non-hydrogen) atoms. The van der Waals surface area contributed by atoms with Crippen molar-refractivity contribution in [2.24, 2.45) is 0 Å². The normalized spacial score (nSPS) is 11.7. The number of hydrogen-bond donors (Lipinski definition) is 0. The van der Waals surface area contributed by atoms with Gasteiger partial charge in [0.05, 0.1) is 16.7 Å². The molecule has 0 amide bonds. The van der Waals surface area contributed by atoms with Crippen LogP contribution in [0.2, 0.25) is 0 Å². The summed E-state index contributed by atoms with van der Waals surface area (Å²) in [7, 11) is 0. The van der Waals surface area contributed by atoms with Gasteiger partial charge in [0.1, 0.15) is 5.65 Å². The molecule has 0 N–H and O–H groups in total. The second kappa shape index (κ2) is 5.42. The summed E-state index contributed by atoms with van der Waals surface area (Å²) in [5.41, 5.74) is 5.54. The Kier molecular flexibility index (Phi) is 2.91. The van der Waals surface area contributed by atoms with Gasteiger partial charge < -0.3 is 0 Å². The van der Waals surface area contributed by atoms with Gasteiger partial charge in [-0.1, -0.05) is 72.8 Å². The van der Waals surface area contributed by atoms with Gasteiger partial charge in [-0.25, -0.2) is 4.98 Å². The third-order valence-corrected chi connectivity index (χ3v) is 5.36. The lowest BCUT2D eigenvalue weighted by molar-refractivity contribution is 1.25. The maximum atomic E-state index is 5.00. The molecule has 0 aliphatic carbocycles. The second-order valence-electron chi connectivity index (χ2n) is 6.90. The SMILES string of the molecule is c1ccc(-c2cc3c4ccccc4ccc3c3nc4ccccc4n23)cc1. The van der Waals surface area contributed by atoms with Crippen LogP contribution in [0.3, 0.4) is 0 Å². The molecule has 0 saturated carbocycles. The lowest BCUT2D eigenvalue weighted by atomic mass is 10.0. The van der Waals surface area contributed by atoms with Crippen LogP contribution in [-0.4, -0.2) is 9.38 Å². The molecule has 6 aromatic rings. The van der Waals surface area contributed by atoms with Crippen molar-refractivity contribution in [1.29, 1.82) is 0 Å². The van der Waals surface area contributed by atoms with Gasteiger partial charge in [-0.2, -0.15) is 0 Å². The Balaban J connectivity index is 1.91. The van der Waals surface area contributed by atoms with Crippen molar-refractivity contribution in [3.63, 3.8) is 0 Å². The number of nitrogens with zero attached hydrogens (tertiary/aromatic N) is 2. The minimum absolute atomic E-state index is 1.01. The summed E-state index contributed by atoms with van der Waals surface area (Å²) >= 11 is 0. The van der Waals surface area contributed by atoms with E-state index < -0.39 is 0 Å². The number of fused-ring (bicyclic) bond motifs is 7. The summed E-state index contributed by atoms with van der Waals surface area (Å²) in [4.78, 5) is 5.00. The molecule has 0 fully saturated rings. The zero-order valence-corrected chi connectivity index (χ0v) is 14.6. The van der Waals surface area contributed by atoms with Crippen LogP contribution in [0.5, 0.6) is 0 Å². The molecule has 2 heterocycles. The summed E-state index contributed by atoms with van der Waals surface area (Å²) in [5, 5.41) is 4.95. The Labute approximate surface area is 156 Å². The zero-order chi connectivity index (χ0) is 17.8. The van der Waals surface area contributed by atoms with E-state index in [2.05, 4.69) is 101 Å². The van der Waals surface area contributed by atoms with Crippen LogP contribution in [-0.2, 0) is 0 Å². The summed E-state index contributed by atoms with van der Waals surface area (Å²) in [6, 6.07) is 34.2. The molecule has 0 atom stereocenters. The van der Waals surface area contributed by atoms with Crippen LogP contribution in [0, 0.1) is 0 Å². The highest BCUT2D eigenvalue weighted by atomic mass is 15.0. The van der Waals surface area contributed by atoms with E-state index in [1.165, 1.54) is 32.8 Å². The van der Waals surface area contributed by atoms with Crippen LogP contribution in [0.15, 0.2) is 97.1 Å². The lowest BCUT2D eigenvalue weighted by Gasteiger charge is -2.12. The minimum atomic E-state index is 1.01. The highest BCUT2D eigenvalue weighted by molar-refractivity contribution is 6.13. The van der Waals surface area contributed by atoms with Crippen molar-refractivity contribution in [1.82, 2.24) is 9.38 Å². The third kappa shape index (κ3) is 2.04. The number of imidazole rings is 1. The summed E-state index contributed by atoms with van der Waals surface area (Å²) in [5.74, 6) is 0. The van der Waals surface area contributed by atoms with Crippen LogP contribution in [0.25, 0.3) is 49.5 Å². The molecule has 2 heteroatoms. The Bertz CT molecular complexity index is 1460. The number of pyridine rings is 1. The van der Waals surface area contributed by atoms with E-state index >= 15 is 0 Å². The zero-order valence-electron chi connectivity index (χ0n) is 14.6. The predicted octanol–water partition coefficient (Wildman–Crippen LogP) is 6.46. The monoisotopic (exact) mass is 344 g/mol. The molecule has 0 aliphatic rings. The first-order valence-corrected chi connectivity index (χ1v) is 9.17. The third-order valence-electron chi connectivity index (χ3n) is 5.36. The van der Waals surface area contributed by atoms with Crippen molar-refractivity contribution in [2.75, 3.05) is 0 Å². The quantitative estimate of drug-likeness (QED) is 0.313. The van der Waals surface area contributed by atoms with Gasteiger partial charge in [0, 0.05) is 5.39 Å². The number of aromatic nitrogens is 2. The molecular formula is C25H16N2. The Hall–Kier alpha value is -3.65. The second-order valence-corrected chi connectivity index (χ2v) is 6.90. The number of hydrogen-bond acceptors (Lipinski definition) is 1. The van der Waals surface area contributed by atoms with Crippen molar-refractivity contribution < 1.29 is 0 Å². The van der Waals surface area contributed by atoms with Gasteiger partial charge in [-0.3, -0.25) is 4.40 Å². The van der Waals surface area contributed by atoms with Crippen LogP contribution in [0.1, 0.15) is 0 Å². The molecule has 4 aromatic carbocycles. The van der Waals surface area contributed by atoms with Gasteiger partial charge in [0.2, 0.25) is 0 Å². The largest absolute Gasteiger partial charge is 0.292 e. The van der Waals surface area contributed by atoms with Gasteiger partial charge in [0.25, 0.3) is 0 Å². The van der Waals surface area contributed by atoms with Gasteiger partial charge in [0.15, 0.2) is 0 Å². The van der Waals surface area contributed by atoms with E-state index in [1.807, 2.05) is 0 Å². The average molecular weight is 344 g/mol. The molecular weight excluding hydrogens is 328 g/mol. The maximum absolute atomic E-state index is 5.00. The van der Waals surface area contributed by atoms with E-state index in [1.54, 1.807) is 0 Å². The first kappa shape index (κ1) is 14.5. The molecule has 126 valence electrons. The molecule has 2 aromatic heterocycles. The summed E-state index contributed by atoms with van der Waals surface area (Å²) in [6.45, 7) is 0. The van der Waals surface area contributed by atoms with E-state index in [0.29, 0.717) is 0 Å². The average Bonchev–Trinajstić information content (AvgIpc) is 3.13. The first-order chi connectivity index (χ1) is 13.4. The molecule has 0 unspecified atom stereocenters. The highest BCUT2D eigenvalue weighted by Gasteiger charge is 2.14. The van der Waals surface area contributed by atoms with Crippen molar-refractivity contribution >= 4 is 38.2 Å². The molecule has 2 nitrogen and oxygen atoms in total. The smallest absolute Gasteiger partial charge is 0.146 e. The first-order valence-electron chi connectivity index (χ1n) is 9.17. The maximum Gasteiger partial charge on any atom is 0.146 e. The van der Waals surface area contributed by atoms with Crippen LogP contribution >= 0.6 is 0 Å². The van der Waals surface area contributed by atoms with E-state index in [0.717, 1.165) is 16.7 Å². The van der Waals surface area contributed by atoms with Crippen molar-refractivity contribution in [3.8, 4) is 11.3 Å². The Morgan fingerprint density at radius 3 is 2.30 bits per heavy atom. The molecule has 0 spiro atoms. The fourth-order valence-electron chi connectivity index (χ4n) is 4.12. The van der Waals surface area contributed by atoms with E-state index in [-0.39, 0.29) is 0 Å². The predicted molar refractivity (Wildman–Crippen MR) is 113 cm³/mol. The van der Waals surface area contributed by atoms with Crippen molar-refractivity contribution in [2.45, 2.75) is 0 Å². The van der Waals surface area contributed by atoms with Crippen molar-refractivity contribution in [3.05, 3.63) is 97.1 Å². The van der Waals surface area contributed by atoms with Gasteiger partial charge >= 0.3 is 0 Å². The summed E-state index contributed by atoms with van der Waals surface area (Å²) in [6.07, 6.45) is 0. The highest BCUT2D eigenvalue weighted by Crippen LogP contribution is 2.35. The molecule has 0 aliphatic heterocycles. The number of rotatable bonds is 1. The van der Waals surface area contributed by atoms with Crippen LogP contribution in [0.4, 0.5) is 0 Å². The van der Waals surface area contributed by atoms with E-state index in [9.17, 15) is 0 Å². The van der Waals surface area contributed by atoms with Crippen LogP contribution < -0.4 is 0 Å². The molecule has 0 saturated heterocycles. The fraction of sp³-hybridized carbons (Fsp3) is 0. The molecule has 6 rings (SSSR count). The topological polar surface area (TPSA) is 17.3 Å². The van der Waals surface area contributed by atoms with Gasteiger partial charge in [-0.05, 0) is 46.0 Å². The summed E-state index contributed by atoms with van der Waals surface area (Å²) < 4.78 is 2.29. The van der Waals surface area contributed by atoms with E-state index in [4.69, 9.17) is 4.98 Å². The molecule has 0 radical (unpaired) electrons. The molecule has 0 bridgehead atoms.